The Morgan fingerprint density at radius 1 is 1.19 bits per heavy atom. The summed E-state index contributed by atoms with van der Waals surface area (Å²) in [5, 5.41) is 3.02. The minimum absolute atomic E-state index is 0.0176. The molecule has 0 spiro atoms. The summed E-state index contributed by atoms with van der Waals surface area (Å²) in [6.07, 6.45) is 1.37. The predicted molar refractivity (Wildman–Crippen MR) is 106 cm³/mol. The number of benzene rings is 1. The lowest BCUT2D eigenvalue weighted by Gasteiger charge is -2.23. The largest absolute Gasteiger partial charge is 0.356 e. The summed E-state index contributed by atoms with van der Waals surface area (Å²) in [6, 6.07) is 6.30. The van der Waals surface area contributed by atoms with E-state index in [1.165, 1.54) is 12.1 Å². The molecule has 0 saturated carbocycles. The SMILES string of the molecule is CC(C)CCNC(=O)C1CN(C(=O)CC(C)(C)C)CC1c1ccc(F)cc1. The van der Waals surface area contributed by atoms with E-state index in [2.05, 4.69) is 19.2 Å². The van der Waals surface area contributed by atoms with Crippen LogP contribution in [0.25, 0.3) is 0 Å². The Hall–Kier alpha value is -1.91. The Bertz CT molecular complexity index is 649. The fraction of sp³-hybridized carbons (Fsp3) is 0.636. The van der Waals surface area contributed by atoms with E-state index in [4.69, 9.17) is 0 Å². The summed E-state index contributed by atoms with van der Waals surface area (Å²) < 4.78 is 13.3. The van der Waals surface area contributed by atoms with E-state index in [1.54, 1.807) is 17.0 Å². The van der Waals surface area contributed by atoms with E-state index in [1.807, 2.05) is 20.8 Å². The van der Waals surface area contributed by atoms with Crippen molar-refractivity contribution >= 4 is 11.8 Å². The molecule has 1 fully saturated rings. The van der Waals surface area contributed by atoms with Crippen LogP contribution in [0.1, 0.15) is 58.9 Å². The third kappa shape index (κ3) is 6.33. The second-order valence-corrected chi connectivity index (χ2v) is 9.27. The maximum atomic E-state index is 13.3. The first kappa shape index (κ1) is 21.4. The van der Waals surface area contributed by atoms with Crippen molar-refractivity contribution in [2.24, 2.45) is 17.3 Å². The number of amides is 2. The van der Waals surface area contributed by atoms with Gasteiger partial charge in [-0.2, -0.15) is 0 Å². The molecule has 1 N–H and O–H groups in total. The molecule has 27 heavy (non-hydrogen) atoms. The zero-order valence-corrected chi connectivity index (χ0v) is 17.2. The third-order valence-corrected chi connectivity index (χ3v) is 5.01. The van der Waals surface area contributed by atoms with Crippen molar-refractivity contribution < 1.29 is 14.0 Å². The first-order chi connectivity index (χ1) is 12.6. The Morgan fingerprint density at radius 3 is 2.37 bits per heavy atom. The predicted octanol–water partition coefficient (Wildman–Crippen LogP) is 3.97. The van der Waals surface area contributed by atoms with E-state index in [-0.39, 0.29) is 34.9 Å². The highest BCUT2D eigenvalue weighted by atomic mass is 19.1. The molecule has 1 aromatic carbocycles. The number of rotatable bonds is 6. The lowest BCUT2D eigenvalue weighted by Crippen LogP contribution is -2.36. The Balaban J connectivity index is 2.15. The number of halogens is 1. The molecular formula is C22H33FN2O2. The van der Waals surface area contributed by atoms with Crippen LogP contribution in [-0.4, -0.2) is 36.3 Å². The fourth-order valence-electron chi connectivity index (χ4n) is 3.50. The average Bonchev–Trinajstić information content (AvgIpc) is 2.99. The minimum Gasteiger partial charge on any atom is -0.356 e. The van der Waals surface area contributed by atoms with Crippen molar-refractivity contribution in [2.45, 2.75) is 53.4 Å². The summed E-state index contributed by atoms with van der Waals surface area (Å²) >= 11 is 0. The molecule has 2 rings (SSSR count). The lowest BCUT2D eigenvalue weighted by molar-refractivity contribution is -0.132. The molecule has 0 aromatic heterocycles. The molecule has 1 saturated heterocycles. The highest BCUT2D eigenvalue weighted by Gasteiger charge is 2.40. The normalized spacial score (nSPS) is 20.2. The zero-order valence-electron chi connectivity index (χ0n) is 17.2. The summed E-state index contributed by atoms with van der Waals surface area (Å²) in [5.74, 6) is -0.120. The number of nitrogens with one attached hydrogen (secondary N) is 1. The van der Waals surface area contributed by atoms with E-state index in [0.29, 0.717) is 32.0 Å². The van der Waals surface area contributed by atoms with Crippen LogP contribution in [0.4, 0.5) is 4.39 Å². The third-order valence-electron chi connectivity index (χ3n) is 5.01. The number of carbonyl (C=O) groups is 2. The number of nitrogens with zero attached hydrogens (tertiary/aromatic N) is 1. The van der Waals surface area contributed by atoms with Gasteiger partial charge in [0.05, 0.1) is 5.92 Å². The molecule has 1 aliphatic rings. The smallest absolute Gasteiger partial charge is 0.225 e. The van der Waals surface area contributed by atoms with Gasteiger partial charge in [0.1, 0.15) is 5.82 Å². The minimum atomic E-state index is -0.299. The van der Waals surface area contributed by atoms with Gasteiger partial charge in [-0.25, -0.2) is 4.39 Å². The molecule has 150 valence electrons. The molecule has 4 nitrogen and oxygen atoms in total. The Labute approximate surface area is 162 Å². The first-order valence-electron chi connectivity index (χ1n) is 9.88. The van der Waals surface area contributed by atoms with E-state index in [9.17, 15) is 14.0 Å². The van der Waals surface area contributed by atoms with Gasteiger partial charge < -0.3 is 10.2 Å². The molecule has 2 unspecified atom stereocenters. The molecule has 1 heterocycles. The van der Waals surface area contributed by atoms with Gasteiger partial charge in [-0.3, -0.25) is 9.59 Å². The highest BCUT2D eigenvalue weighted by molar-refractivity contribution is 5.83. The fourth-order valence-corrected chi connectivity index (χ4v) is 3.50. The van der Waals surface area contributed by atoms with Crippen LogP contribution >= 0.6 is 0 Å². The Morgan fingerprint density at radius 2 is 1.81 bits per heavy atom. The van der Waals surface area contributed by atoms with Crippen molar-refractivity contribution in [2.75, 3.05) is 19.6 Å². The van der Waals surface area contributed by atoms with Gasteiger partial charge in [-0.05, 0) is 35.4 Å². The maximum Gasteiger partial charge on any atom is 0.225 e. The molecule has 2 amide bonds. The Kier molecular flexibility index (Phi) is 7.01. The maximum absolute atomic E-state index is 13.3. The zero-order chi connectivity index (χ0) is 20.2. The summed E-state index contributed by atoms with van der Waals surface area (Å²) in [5.41, 5.74) is 0.812. The number of likely N-dealkylation sites (tertiary alicyclic amines) is 1. The molecule has 1 aliphatic heterocycles. The van der Waals surface area contributed by atoms with Crippen LogP contribution in [0.2, 0.25) is 0 Å². The van der Waals surface area contributed by atoms with Gasteiger partial charge >= 0.3 is 0 Å². The standard InChI is InChI=1S/C22H33FN2O2/c1-15(2)10-11-24-21(27)19-14-25(20(26)12-22(3,4)5)13-18(19)16-6-8-17(23)9-7-16/h6-9,15,18-19H,10-14H2,1-5H3,(H,24,27). The van der Waals surface area contributed by atoms with Gasteiger partial charge in [-0.1, -0.05) is 46.8 Å². The average molecular weight is 377 g/mol. The van der Waals surface area contributed by atoms with Crippen LogP contribution in [0.3, 0.4) is 0 Å². The molecular weight excluding hydrogens is 343 g/mol. The van der Waals surface area contributed by atoms with Crippen molar-refractivity contribution in [1.82, 2.24) is 10.2 Å². The summed E-state index contributed by atoms with van der Waals surface area (Å²) in [4.78, 5) is 27.3. The molecule has 0 bridgehead atoms. The van der Waals surface area contributed by atoms with Crippen molar-refractivity contribution in [3.63, 3.8) is 0 Å². The van der Waals surface area contributed by atoms with Gasteiger partial charge in [-0.15, -0.1) is 0 Å². The molecule has 0 aliphatic carbocycles. The van der Waals surface area contributed by atoms with Crippen LogP contribution < -0.4 is 5.32 Å². The van der Waals surface area contributed by atoms with Crippen molar-refractivity contribution in [3.8, 4) is 0 Å². The van der Waals surface area contributed by atoms with Crippen molar-refractivity contribution in [3.05, 3.63) is 35.6 Å². The number of hydrogen-bond acceptors (Lipinski definition) is 2. The van der Waals surface area contributed by atoms with E-state index < -0.39 is 0 Å². The lowest BCUT2D eigenvalue weighted by atomic mass is 9.88. The summed E-state index contributed by atoms with van der Waals surface area (Å²) in [6.45, 7) is 11.9. The van der Waals surface area contributed by atoms with Crippen LogP contribution in [0, 0.1) is 23.1 Å². The number of carbonyl (C=O) groups excluding carboxylic acids is 2. The molecule has 5 heteroatoms. The van der Waals surface area contributed by atoms with Crippen LogP contribution in [-0.2, 0) is 9.59 Å². The molecule has 1 aromatic rings. The second kappa shape index (κ2) is 8.85. The second-order valence-electron chi connectivity index (χ2n) is 9.27. The van der Waals surface area contributed by atoms with Gasteiger partial charge in [0.25, 0.3) is 0 Å². The first-order valence-corrected chi connectivity index (χ1v) is 9.88. The van der Waals surface area contributed by atoms with Gasteiger partial charge in [0.15, 0.2) is 0 Å². The topological polar surface area (TPSA) is 49.4 Å². The summed E-state index contributed by atoms with van der Waals surface area (Å²) in [7, 11) is 0. The van der Waals surface area contributed by atoms with E-state index in [0.717, 1.165) is 12.0 Å². The van der Waals surface area contributed by atoms with Crippen molar-refractivity contribution in [1.29, 1.82) is 0 Å². The van der Waals surface area contributed by atoms with Gasteiger partial charge in [0.2, 0.25) is 11.8 Å². The quantitative estimate of drug-likeness (QED) is 0.817. The number of hydrogen-bond donors (Lipinski definition) is 1. The monoisotopic (exact) mass is 376 g/mol. The van der Waals surface area contributed by atoms with Gasteiger partial charge in [0, 0.05) is 32.0 Å². The van der Waals surface area contributed by atoms with Crippen LogP contribution in [0.15, 0.2) is 24.3 Å². The molecule has 0 radical (unpaired) electrons. The van der Waals surface area contributed by atoms with Crippen LogP contribution in [0.5, 0.6) is 0 Å². The highest BCUT2D eigenvalue weighted by Crippen LogP contribution is 2.34. The molecule has 2 atom stereocenters. The van der Waals surface area contributed by atoms with E-state index >= 15 is 0 Å².